The number of carbonyl (C=O) groups excluding carboxylic acids is 1. The fourth-order valence-electron chi connectivity index (χ4n) is 3.98. The Hall–Kier alpha value is -2.73. The van der Waals surface area contributed by atoms with Crippen LogP contribution in [0.2, 0.25) is 0 Å². The van der Waals surface area contributed by atoms with Gasteiger partial charge in [0.1, 0.15) is 10.8 Å². The summed E-state index contributed by atoms with van der Waals surface area (Å²) in [5.74, 6) is 1.01. The summed E-state index contributed by atoms with van der Waals surface area (Å²) in [6, 6.07) is 12.1. The Morgan fingerprint density at radius 1 is 1.13 bits per heavy atom. The molecule has 3 heterocycles. The van der Waals surface area contributed by atoms with E-state index in [0.29, 0.717) is 13.0 Å². The van der Waals surface area contributed by atoms with Crippen molar-refractivity contribution in [3.8, 4) is 16.3 Å². The summed E-state index contributed by atoms with van der Waals surface area (Å²) in [4.78, 5) is 24.1. The molecule has 0 spiro atoms. The van der Waals surface area contributed by atoms with Gasteiger partial charge in [0.25, 0.3) is 0 Å². The van der Waals surface area contributed by atoms with Gasteiger partial charge in [0.15, 0.2) is 0 Å². The van der Waals surface area contributed by atoms with Crippen molar-refractivity contribution < 1.29 is 9.53 Å². The summed E-state index contributed by atoms with van der Waals surface area (Å²) in [6.45, 7) is 3.43. The van der Waals surface area contributed by atoms with Gasteiger partial charge in [-0.25, -0.2) is 4.98 Å². The molecule has 1 aliphatic rings. The van der Waals surface area contributed by atoms with Crippen LogP contribution in [0.5, 0.6) is 5.75 Å². The second-order valence-electron chi connectivity index (χ2n) is 7.51. The number of benzene rings is 1. The van der Waals surface area contributed by atoms with Gasteiger partial charge in [0.05, 0.1) is 24.8 Å². The van der Waals surface area contributed by atoms with Crippen LogP contribution in [-0.2, 0) is 11.2 Å². The van der Waals surface area contributed by atoms with E-state index in [2.05, 4.69) is 9.88 Å². The lowest BCUT2D eigenvalue weighted by Gasteiger charge is -2.30. The fourth-order valence-corrected chi connectivity index (χ4v) is 4.80. The average Bonchev–Trinajstić information content (AvgIpc) is 3.09. The molecular weight excluding hydrogens is 394 g/mol. The van der Waals surface area contributed by atoms with Crippen LogP contribution < -0.4 is 4.74 Å². The van der Waals surface area contributed by atoms with Crippen LogP contribution in [0.3, 0.4) is 0 Å². The molecule has 5 nitrogen and oxygen atoms in total. The Morgan fingerprint density at radius 3 is 2.70 bits per heavy atom. The van der Waals surface area contributed by atoms with E-state index in [1.54, 1.807) is 11.3 Å². The van der Waals surface area contributed by atoms with Crippen molar-refractivity contribution in [2.75, 3.05) is 13.2 Å². The molecule has 0 aliphatic carbocycles. The van der Waals surface area contributed by atoms with E-state index in [1.807, 2.05) is 61.1 Å². The number of amides is 1. The monoisotopic (exact) mass is 421 g/mol. The molecule has 0 bridgehead atoms. The van der Waals surface area contributed by atoms with E-state index in [9.17, 15) is 4.79 Å². The molecule has 1 amide bonds. The van der Waals surface area contributed by atoms with E-state index in [1.165, 1.54) is 12.0 Å². The van der Waals surface area contributed by atoms with Crippen molar-refractivity contribution >= 4 is 17.2 Å². The van der Waals surface area contributed by atoms with E-state index < -0.39 is 0 Å². The van der Waals surface area contributed by atoms with Gasteiger partial charge in [-0.3, -0.25) is 9.78 Å². The van der Waals surface area contributed by atoms with Crippen LogP contribution >= 0.6 is 11.3 Å². The van der Waals surface area contributed by atoms with Gasteiger partial charge in [-0.1, -0.05) is 12.8 Å². The predicted molar refractivity (Wildman–Crippen MR) is 120 cm³/mol. The highest BCUT2D eigenvalue weighted by molar-refractivity contribution is 7.13. The maximum atomic E-state index is 13.2. The van der Waals surface area contributed by atoms with Gasteiger partial charge in [-0.2, -0.15) is 0 Å². The number of likely N-dealkylation sites (tertiary alicyclic amines) is 1. The van der Waals surface area contributed by atoms with Gasteiger partial charge in [-0.05, 0) is 61.7 Å². The number of nitrogens with zero attached hydrogens (tertiary/aromatic N) is 3. The smallest absolute Gasteiger partial charge is 0.229 e. The number of carbonyl (C=O) groups is 1. The maximum absolute atomic E-state index is 13.2. The third kappa shape index (κ3) is 4.87. The first-order chi connectivity index (χ1) is 14.7. The molecule has 1 unspecified atom stereocenters. The Kier molecular flexibility index (Phi) is 6.74. The summed E-state index contributed by atoms with van der Waals surface area (Å²) in [5.41, 5.74) is 3.06. The second-order valence-corrected chi connectivity index (χ2v) is 8.37. The first-order valence-corrected chi connectivity index (χ1v) is 11.5. The molecule has 3 aromatic rings. The molecule has 2 aromatic heterocycles. The summed E-state index contributed by atoms with van der Waals surface area (Å²) in [5, 5.41) is 2.94. The largest absolute Gasteiger partial charge is 0.494 e. The molecule has 4 rings (SSSR count). The first-order valence-electron chi connectivity index (χ1n) is 10.6. The van der Waals surface area contributed by atoms with Gasteiger partial charge >= 0.3 is 0 Å². The fraction of sp³-hybridized carbons (Fsp3) is 0.375. The zero-order chi connectivity index (χ0) is 20.8. The van der Waals surface area contributed by atoms with Gasteiger partial charge in [-0.15, -0.1) is 11.3 Å². The lowest BCUT2D eigenvalue weighted by atomic mass is 10.0. The Morgan fingerprint density at radius 2 is 1.93 bits per heavy atom. The third-order valence-electron chi connectivity index (χ3n) is 5.46. The normalized spacial score (nSPS) is 16.8. The molecule has 0 saturated carbocycles. The van der Waals surface area contributed by atoms with Gasteiger partial charge in [0, 0.05) is 29.9 Å². The second kappa shape index (κ2) is 9.85. The Bertz CT molecular complexity index is 956. The van der Waals surface area contributed by atoms with E-state index in [-0.39, 0.29) is 11.9 Å². The van der Waals surface area contributed by atoms with E-state index in [0.717, 1.165) is 47.8 Å². The number of pyridine rings is 1. The summed E-state index contributed by atoms with van der Waals surface area (Å²) >= 11 is 1.58. The Labute approximate surface area is 181 Å². The van der Waals surface area contributed by atoms with Crippen LogP contribution in [0.1, 0.15) is 49.9 Å². The third-order valence-corrected chi connectivity index (χ3v) is 6.40. The lowest BCUT2D eigenvalue weighted by molar-refractivity contribution is -0.133. The molecule has 0 radical (unpaired) electrons. The molecule has 0 N–H and O–H groups in total. The first kappa shape index (κ1) is 20.5. The van der Waals surface area contributed by atoms with Crippen molar-refractivity contribution in [2.24, 2.45) is 0 Å². The molecule has 30 heavy (non-hydrogen) atoms. The molecule has 1 aromatic carbocycles. The highest BCUT2D eigenvalue weighted by atomic mass is 32.1. The number of ether oxygens (including phenoxy) is 1. The van der Waals surface area contributed by atoms with Crippen LogP contribution in [0.25, 0.3) is 10.6 Å². The minimum absolute atomic E-state index is 0.132. The quantitative estimate of drug-likeness (QED) is 0.543. The number of aromatic nitrogens is 2. The summed E-state index contributed by atoms with van der Waals surface area (Å²) in [7, 11) is 0. The minimum atomic E-state index is 0.132. The zero-order valence-electron chi connectivity index (χ0n) is 17.3. The molecule has 1 atom stereocenters. The van der Waals surface area contributed by atoms with Crippen molar-refractivity contribution in [1.82, 2.24) is 14.9 Å². The van der Waals surface area contributed by atoms with Gasteiger partial charge in [0.2, 0.25) is 5.91 Å². The molecular formula is C24H27N3O2S. The highest BCUT2D eigenvalue weighted by Crippen LogP contribution is 2.31. The van der Waals surface area contributed by atoms with Crippen LogP contribution in [-0.4, -0.2) is 33.9 Å². The number of hydrogen-bond acceptors (Lipinski definition) is 5. The van der Waals surface area contributed by atoms with Crippen LogP contribution in [0, 0.1) is 0 Å². The van der Waals surface area contributed by atoms with E-state index >= 15 is 0 Å². The molecule has 156 valence electrons. The number of thiazole rings is 1. The van der Waals surface area contributed by atoms with Crippen LogP contribution in [0.4, 0.5) is 0 Å². The Balaban J connectivity index is 1.47. The summed E-state index contributed by atoms with van der Waals surface area (Å²) < 4.78 is 5.51. The molecule has 6 heteroatoms. The minimum Gasteiger partial charge on any atom is -0.494 e. The topological polar surface area (TPSA) is 55.3 Å². The molecule has 1 fully saturated rings. The number of hydrogen-bond donors (Lipinski definition) is 0. The standard InChI is InChI=1S/C24H27N3O2S/c1-2-29-21-9-7-19(8-10-21)24-26-20(17-30-24)16-23(28)27-15-5-3-4-6-22(27)18-11-13-25-14-12-18/h7-14,17,22H,2-6,15-16H2,1H3. The van der Waals surface area contributed by atoms with E-state index in [4.69, 9.17) is 9.72 Å². The van der Waals surface area contributed by atoms with Crippen molar-refractivity contribution in [2.45, 2.75) is 45.1 Å². The van der Waals surface area contributed by atoms with Crippen molar-refractivity contribution in [3.63, 3.8) is 0 Å². The maximum Gasteiger partial charge on any atom is 0.229 e. The predicted octanol–water partition coefficient (Wildman–Crippen LogP) is 5.29. The highest BCUT2D eigenvalue weighted by Gasteiger charge is 2.27. The van der Waals surface area contributed by atoms with Crippen molar-refractivity contribution in [3.05, 3.63) is 65.4 Å². The SMILES string of the molecule is CCOc1ccc(-c2nc(CC(=O)N3CCCCCC3c3ccncc3)cs2)cc1. The van der Waals surface area contributed by atoms with Crippen molar-refractivity contribution in [1.29, 1.82) is 0 Å². The van der Waals surface area contributed by atoms with Crippen LogP contribution in [0.15, 0.2) is 54.2 Å². The molecule has 1 aliphatic heterocycles. The average molecular weight is 422 g/mol. The lowest BCUT2D eigenvalue weighted by Crippen LogP contribution is -2.36. The molecule has 1 saturated heterocycles. The number of rotatable bonds is 6. The van der Waals surface area contributed by atoms with Gasteiger partial charge < -0.3 is 9.64 Å². The summed E-state index contributed by atoms with van der Waals surface area (Å²) in [6.07, 6.45) is 8.35. The zero-order valence-corrected chi connectivity index (χ0v) is 18.1.